The van der Waals surface area contributed by atoms with Gasteiger partial charge in [-0.1, -0.05) is 6.92 Å². The van der Waals surface area contributed by atoms with Crippen molar-refractivity contribution in [2.75, 3.05) is 27.2 Å². The SMILES string of the molecule is CCN(C(C)CN(C)C)S(=O)(=O)c1cc(C(=O)O)oc1Br. The van der Waals surface area contributed by atoms with Gasteiger partial charge in [0.25, 0.3) is 0 Å². The van der Waals surface area contributed by atoms with E-state index in [-0.39, 0.29) is 22.2 Å². The van der Waals surface area contributed by atoms with Crippen LogP contribution in [0, 0.1) is 0 Å². The zero-order valence-corrected chi connectivity index (χ0v) is 14.7. The van der Waals surface area contributed by atoms with Gasteiger partial charge in [-0.15, -0.1) is 0 Å². The lowest BCUT2D eigenvalue weighted by Crippen LogP contribution is -2.43. The third-order valence-corrected chi connectivity index (χ3v) is 5.83. The number of carbonyl (C=O) groups is 1. The van der Waals surface area contributed by atoms with E-state index in [4.69, 9.17) is 9.52 Å². The molecule has 1 aromatic heterocycles. The van der Waals surface area contributed by atoms with Crippen molar-refractivity contribution in [2.45, 2.75) is 24.8 Å². The van der Waals surface area contributed by atoms with Gasteiger partial charge in [-0.2, -0.15) is 4.31 Å². The van der Waals surface area contributed by atoms with Crippen LogP contribution in [0.3, 0.4) is 0 Å². The number of hydrogen-bond acceptors (Lipinski definition) is 5. The summed E-state index contributed by atoms with van der Waals surface area (Å²) < 4.78 is 31.5. The fourth-order valence-corrected chi connectivity index (χ4v) is 4.63. The zero-order valence-electron chi connectivity index (χ0n) is 12.3. The molecule has 9 heteroatoms. The molecule has 7 nitrogen and oxygen atoms in total. The molecule has 0 aromatic carbocycles. The summed E-state index contributed by atoms with van der Waals surface area (Å²) in [5.41, 5.74) is 0. The molecule has 0 aliphatic rings. The summed E-state index contributed by atoms with van der Waals surface area (Å²) in [5.74, 6) is -1.74. The first-order chi connectivity index (χ1) is 9.61. The minimum Gasteiger partial charge on any atom is -0.475 e. The van der Waals surface area contributed by atoms with Crippen LogP contribution in [-0.2, 0) is 10.0 Å². The summed E-state index contributed by atoms with van der Waals surface area (Å²) >= 11 is 2.97. The summed E-state index contributed by atoms with van der Waals surface area (Å²) in [4.78, 5) is 12.6. The molecule has 0 saturated carbocycles. The van der Waals surface area contributed by atoms with Gasteiger partial charge in [-0.05, 0) is 36.9 Å². The lowest BCUT2D eigenvalue weighted by Gasteiger charge is -2.28. The molecule has 0 spiro atoms. The van der Waals surface area contributed by atoms with E-state index in [0.717, 1.165) is 6.07 Å². The zero-order chi connectivity index (χ0) is 16.4. The predicted octanol–water partition coefficient (Wildman–Crippen LogP) is 1.70. The molecule has 0 aliphatic heterocycles. The smallest absolute Gasteiger partial charge is 0.371 e. The number of likely N-dealkylation sites (N-methyl/N-ethyl adjacent to an activating group) is 2. The van der Waals surface area contributed by atoms with Crippen LogP contribution in [0.15, 0.2) is 20.0 Å². The van der Waals surface area contributed by atoms with Gasteiger partial charge in [0.1, 0.15) is 4.90 Å². The highest BCUT2D eigenvalue weighted by atomic mass is 79.9. The van der Waals surface area contributed by atoms with Gasteiger partial charge in [0.15, 0.2) is 4.67 Å². The van der Waals surface area contributed by atoms with Crippen molar-refractivity contribution < 1.29 is 22.7 Å². The number of carboxylic acid groups (broad SMARTS) is 1. The van der Waals surface area contributed by atoms with Gasteiger partial charge in [0.2, 0.25) is 15.8 Å². The molecule has 0 bridgehead atoms. The van der Waals surface area contributed by atoms with Gasteiger partial charge in [0, 0.05) is 25.2 Å². The molecule has 1 rings (SSSR count). The van der Waals surface area contributed by atoms with E-state index in [1.165, 1.54) is 4.31 Å². The van der Waals surface area contributed by atoms with Gasteiger partial charge in [0.05, 0.1) is 0 Å². The first-order valence-corrected chi connectivity index (χ1v) is 8.53. The predicted molar refractivity (Wildman–Crippen MR) is 80.9 cm³/mol. The lowest BCUT2D eigenvalue weighted by atomic mass is 10.3. The minimum absolute atomic E-state index is 0.101. The first-order valence-electron chi connectivity index (χ1n) is 6.30. The number of halogens is 1. The van der Waals surface area contributed by atoms with Gasteiger partial charge < -0.3 is 14.4 Å². The topological polar surface area (TPSA) is 91.1 Å². The van der Waals surface area contributed by atoms with E-state index in [1.54, 1.807) is 13.8 Å². The molecular formula is C12H19BrN2O5S. The monoisotopic (exact) mass is 382 g/mol. The quantitative estimate of drug-likeness (QED) is 0.771. The third kappa shape index (κ3) is 4.06. The van der Waals surface area contributed by atoms with E-state index in [9.17, 15) is 13.2 Å². The third-order valence-electron chi connectivity index (χ3n) is 2.89. The van der Waals surface area contributed by atoms with Gasteiger partial charge in [-0.25, -0.2) is 13.2 Å². The second-order valence-corrected chi connectivity index (χ2v) is 7.45. The van der Waals surface area contributed by atoms with E-state index in [2.05, 4.69) is 15.9 Å². The van der Waals surface area contributed by atoms with Crippen LogP contribution in [0.2, 0.25) is 0 Å². The molecule has 0 amide bonds. The molecule has 1 heterocycles. The maximum atomic E-state index is 12.7. The number of nitrogens with zero attached hydrogens (tertiary/aromatic N) is 2. The van der Waals surface area contributed by atoms with Crippen molar-refractivity contribution in [3.8, 4) is 0 Å². The largest absolute Gasteiger partial charge is 0.475 e. The highest BCUT2D eigenvalue weighted by Crippen LogP contribution is 2.29. The molecule has 0 radical (unpaired) electrons. The second kappa shape index (κ2) is 6.91. The number of carboxylic acids is 1. The van der Waals surface area contributed by atoms with Crippen molar-refractivity contribution in [3.63, 3.8) is 0 Å². The van der Waals surface area contributed by atoms with Crippen molar-refractivity contribution in [1.29, 1.82) is 0 Å². The maximum Gasteiger partial charge on any atom is 0.371 e. The molecular weight excluding hydrogens is 364 g/mol. The van der Waals surface area contributed by atoms with E-state index in [0.29, 0.717) is 6.54 Å². The molecule has 120 valence electrons. The van der Waals surface area contributed by atoms with Gasteiger partial charge in [-0.3, -0.25) is 0 Å². The van der Waals surface area contributed by atoms with Crippen LogP contribution in [-0.4, -0.2) is 61.9 Å². The Kier molecular flexibility index (Phi) is 5.97. The number of aromatic carboxylic acids is 1. The molecule has 1 atom stereocenters. The fourth-order valence-electron chi connectivity index (χ4n) is 2.10. The van der Waals surface area contributed by atoms with E-state index < -0.39 is 21.8 Å². The number of rotatable bonds is 7. The fraction of sp³-hybridized carbons (Fsp3) is 0.583. The summed E-state index contributed by atoms with van der Waals surface area (Å²) in [6.45, 7) is 4.36. The van der Waals surface area contributed by atoms with E-state index in [1.807, 2.05) is 19.0 Å². The van der Waals surface area contributed by atoms with Gasteiger partial charge >= 0.3 is 5.97 Å². The molecule has 0 saturated heterocycles. The van der Waals surface area contributed by atoms with Crippen LogP contribution < -0.4 is 0 Å². The Balaban J connectivity index is 3.21. The molecule has 0 aliphatic carbocycles. The van der Waals surface area contributed by atoms with Crippen LogP contribution in [0.5, 0.6) is 0 Å². The summed E-state index contributed by atoms with van der Waals surface area (Å²) in [6, 6.07) is 0.761. The van der Waals surface area contributed by atoms with Crippen molar-refractivity contribution in [3.05, 3.63) is 16.5 Å². The first kappa shape index (κ1) is 18.1. The van der Waals surface area contributed by atoms with Crippen molar-refractivity contribution >= 4 is 31.9 Å². The standard InChI is InChI=1S/C12H19BrN2O5S/c1-5-15(8(2)7-14(3)4)21(18,19)10-6-9(12(16)17)20-11(10)13/h6,8H,5,7H2,1-4H3,(H,16,17). The average Bonchev–Trinajstić information content (AvgIpc) is 2.71. The number of hydrogen-bond donors (Lipinski definition) is 1. The maximum absolute atomic E-state index is 12.7. The average molecular weight is 383 g/mol. The minimum atomic E-state index is -3.84. The molecule has 21 heavy (non-hydrogen) atoms. The van der Waals surface area contributed by atoms with E-state index >= 15 is 0 Å². The highest BCUT2D eigenvalue weighted by molar-refractivity contribution is 9.10. The molecule has 1 aromatic rings. The lowest BCUT2D eigenvalue weighted by molar-refractivity contribution is 0.0661. The normalized spacial score (nSPS) is 13.9. The Labute approximate surface area is 132 Å². The van der Waals surface area contributed by atoms with Crippen molar-refractivity contribution in [1.82, 2.24) is 9.21 Å². The van der Waals surface area contributed by atoms with Crippen LogP contribution in [0.1, 0.15) is 24.4 Å². The summed E-state index contributed by atoms with van der Waals surface area (Å²) in [5, 5.41) is 8.88. The Hall–Kier alpha value is -0.900. The van der Waals surface area contributed by atoms with Crippen LogP contribution in [0.4, 0.5) is 0 Å². The number of furan rings is 1. The molecule has 1 N–H and O–H groups in total. The van der Waals surface area contributed by atoms with Crippen molar-refractivity contribution in [2.24, 2.45) is 0 Å². The Morgan fingerprint density at radius 2 is 2.05 bits per heavy atom. The Morgan fingerprint density at radius 3 is 2.43 bits per heavy atom. The second-order valence-electron chi connectivity index (χ2n) is 4.87. The Morgan fingerprint density at radius 1 is 1.48 bits per heavy atom. The van der Waals surface area contributed by atoms with Crippen LogP contribution >= 0.6 is 15.9 Å². The number of sulfonamides is 1. The highest BCUT2D eigenvalue weighted by Gasteiger charge is 2.32. The Bertz CT molecular complexity index is 611. The molecule has 1 unspecified atom stereocenters. The molecule has 0 fully saturated rings. The summed E-state index contributed by atoms with van der Waals surface area (Å²) in [6.07, 6.45) is 0. The summed E-state index contributed by atoms with van der Waals surface area (Å²) in [7, 11) is -0.128. The van der Waals surface area contributed by atoms with Crippen LogP contribution in [0.25, 0.3) is 0 Å².